The summed E-state index contributed by atoms with van der Waals surface area (Å²) < 4.78 is 16.8. The maximum Gasteiger partial charge on any atom is 0.310 e. The van der Waals surface area contributed by atoms with E-state index >= 15 is 0 Å². The van der Waals surface area contributed by atoms with Gasteiger partial charge in [-0.3, -0.25) is 14.4 Å². The summed E-state index contributed by atoms with van der Waals surface area (Å²) in [4.78, 5) is 38.1. The highest BCUT2D eigenvalue weighted by molar-refractivity contribution is 5.72. The zero-order valence-corrected chi connectivity index (χ0v) is 44.4. The number of allylic oxidation sites excluding steroid dienone is 9. The fourth-order valence-electron chi connectivity index (χ4n) is 8.28. The van der Waals surface area contributed by atoms with Crippen LogP contribution in [0.4, 0.5) is 0 Å². The number of hydrogen-bond acceptors (Lipinski definition) is 6. The highest BCUT2D eigenvalue weighted by Crippen LogP contribution is 2.17. The molecule has 67 heavy (non-hydrogen) atoms. The molecule has 0 aliphatic rings. The molecule has 6 heteroatoms. The number of rotatable bonds is 52. The van der Waals surface area contributed by atoms with Gasteiger partial charge in [-0.15, -0.1) is 0 Å². The topological polar surface area (TPSA) is 78.9 Å². The van der Waals surface area contributed by atoms with E-state index < -0.39 is 12.1 Å². The first-order valence-electron chi connectivity index (χ1n) is 28.8. The van der Waals surface area contributed by atoms with Crippen molar-refractivity contribution in [2.45, 2.75) is 297 Å². The number of carbonyl (C=O) groups excluding carboxylic acids is 3. The van der Waals surface area contributed by atoms with Crippen LogP contribution >= 0.6 is 0 Å². The fraction of sp³-hybridized carbons (Fsp3) is 0.787. The van der Waals surface area contributed by atoms with Crippen molar-refractivity contribution < 1.29 is 28.6 Å². The normalized spacial score (nSPS) is 12.5. The molecule has 0 aliphatic heterocycles. The van der Waals surface area contributed by atoms with Crippen molar-refractivity contribution in [3.63, 3.8) is 0 Å². The van der Waals surface area contributed by atoms with E-state index in [0.717, 1.165) is 70.6 Å². The lowest BCUT2D eigenvalue weighted by Gasteiger charge is -2.18. The van der Waals surface area contributed by atoms with Crippen LogP contribution < -0.4 is 0 Å². The number of carbonyl (C=O) groups is 3. The Balaban J connectivity index is 4.40. The van der Waals surface area contributed by atoms with Gasteiger partial charge in [0.05, 0.1) is 6.42 Å². The Morgan fingerprint density at radius 3 is 0.851 bits per heavy atom. The maximum absolute atomic E-state index is 12.8. The Morgan fingerprint density at radius 2 is 0.567 bits per heavy atom. The summed E-state index contributed by atoms with van der Waals surface area (Å²) in [6, 6.07) is 0. The van der Waals surface area contributed by atoms with Crippen molar-refractivity contribution in [1.82, 2.24) is 0 Å². The quantitative estimate of drug-likeness (QED) is 0.0262. The van der Waals surface area contributed by atoms with Crippen LogP contribution in [-0.2, 0) is 28.6 Å². The molecule has 0 rings (SSSR count). The lowest BCUT2D eigenvalue weighted by molar-refractivity contribution is -0.166. The van der Waals surface area contributed by atoms with Gasteiger partial charge in [0, 0.05) is 12.8 Å². The van der Waals surface area contributed by atoms with Crippen molar-refractivity contribution in [3.05, 3.63) is 60.8 Å². The third-order valence-electron chi connectivity index (χ3n) is 12.6. The van der Waals surface area contributed by atoms with Gasteiger partial charge in [-0.25, -0.2) is 0 Å². The number of hydrogen-bond donors (Lipinski definition) is 0. The van der Waals surface area contributed by atoms with E-state index in [1.54, 1.807) is 6.08 Å². The van der Waals surface area contributed by atoms with Crippen LogP contribution in [0.1, 0.15) is 290 Å². The van der Waals surface area contributed by atoms with E-state index in [2.05, 4.69) is 69.4 Å². The van der Waals surface area contributed by atoms with E-state index in [9.17, 15) is 14.4 Å². The van der Waals surface area contributed by atoms with Crippen LogP contribution in [0.2, 0.25) is 0 Å². The van der Waals surface area contributed by atoms with Crippen molar-refractivity contribution >= 4 is 17.9 Å². The molecule has 0 amide bonds. The van der Waals surface area contributed by atoms with Crippen LogP contribution in [0.5, 0.6) is 0 Å². The fourth-order valence-corrected chi connectivity index (χ4v) is 8.28. The van der Waals surface area contributed by atoms with E-state index in [1.807, 2.05) is 6.08 Å². The minimum absolute atomic E-state index is 0.102. The van der Waals surface area contributed by atoms with Crippen molar-refractivity contribution in [3.8, 4) is 0 Å². The van der Waals surface area contributed by atoms with Gasteiger partial charge in [0.15, 0.2) is 6.10 Å². The van der Waals surface area contributed by atoms with Crippen molar-refractivity contribution in [2.24, 2.45) is 0 Å². The Labute approximate surface area is 415 Å². The summed E-state index contributed by atoms with van der Waals surface area (Å²) in [5.74, 6) is -1.02. The van der Waals surface area contributed by atoms with Crippen LogP contribution in [0.3, 0.4) is 0 Å². The molecular weight excluding hydrogens is 829 g/mol. The van der Waals surface area contributed by atoms with Gasteiger partial charge in [0.1, 0.15) is 13.2 Å². The SMILES string of the molecule is CC/C=C\C/C=C\C/C=C\C/C=C\C/C=C\CC(=O)OC(COC(=O)CCCCCCCCCCCCCCCC)COC(=O)CCCCCCCCCCCCCCCCCCCCCC. The monoisotopic (exact) mass is 937 g/mol. The molecule has 0 spiro atoms. The van der Waals surface area contributed by atoms with Crippen LogP contribution in [-0.4, -0.2) is 37.2 Å². The molecule has 0 saturated heterocycles. The summed E-state index contributed by atoms with van der Waals surface area (Å²) in [7, 11) is 0. The van der Waals surface area contributed by atoms with E-state index in [4.69, 9.17) is 14.2 Å². The molecule has 0 aromatic heterocycles. The summed E-state index contributed by atoms with van der Waals surface area (Å²) >= 11 is 0. The number of ether oxygens (including phenoxy) is 3. The van der Waals surface area contributed by atoms with Crippen molar-refractivity contribution in [1.29, 1.82) is 0 Å². The molecule has 1 atom stereocenters. The zero-order chi connectivity index (χ0) is 48.6. The second-order valence-electron chi connectivity index (χ2n) is 19.2. The number of unbranched alkanes of at least 4 members (excludes halogenated alkanes) is 32. The molecule has 0 aromatic carbocycles. The standard InChI is InChI=1S/C61H108O6/c1-4-7-10-13-16-19-22-25-28-29-30-31-32-34-36-39-42-45-48-51-54-60(63)66-57-58(56-65-59(62)53-50-47-44-41-38-35-27-24-21-18-15-12-9-6-3)67-61(64)55-52-49-46-43-40-37-33-26-23-20-17-14-11-8-5-2/h8,11,17,20,26,33,40,43,49,52,58H,4-7,9-10,12-16,18-19,21-25,27-32,34-39,41-42,44-48,50-51,53-57H2,1-3H3/b11-8-,20-17-,33-26-,43-40-,52-49-. The van der Waals surface area contributed by atoms with Gasteiger partial charge >= 0.3 is 17.9 Å². The average Bonchev–Trinajstić information content (AvgIpc) is 3.33. The van der Waals surface area contributed by atoms with E-state index in [1.165, 1.54) is 180 Å². The predicted molar refractivity (Wildman–Crippen MR) is 288 cm³/mol. The predicted octanol–water partition coefficient (Wildman–Crippen LogP) is 19.2. The third kappa shape index (κ3) is 53.9. The first-order chi connectivity index (χ1) is 33.0. The molecule has 0 radical (unpaired) electrons. The second kappa shape index (κ2) is 55.7. The number of esters is 3. The van der Waals surface area contributed by atoms with Gasteiger partial charge in [0.2, 0.25) is 0 Å². The average molecular weight is 938 g/mol. The molecule has 388 valence electrons. The van der Waals surface area contributed by atoms with Crippen molar-refractivity contribution in [2.75, 3.05) is 13.2 Å². The molecule has 0 aliphatic carbocycles. The smallest absolute Gasteiger partial charge is 0.310 e. The van der Waals surface area contributed by atoms with E-state index in [0.29, 0.717) is 12.8 Å². The molecule has 0 bridgehead atoms. The highest BCUT2D eigenvalue weighted by atomic mass is 16.6. The molecular formula is C61H108O6. The molecule has 0 fully saturated rings. The first kappa shape index (κ1) is 64.1. The minimum Gasteiger partial charge on any atom is -0.462 e. The Kier molecular flexibility index (Phi) is 53.3. The molecule has 0 aromatic rings. The van der Waals surface area contributed by atoms with Gasteiger partial charge < -0.3 is 14.2 Å². The lowest BCUT2D eigenvalue weighted by atomic mass is 10.0. The van der Waals surface area contributed by atoms with Crippen LogP contribution in [0.25, 0.3) is 0 Å². The maximum atomic E-state index is 12.8. The Hall–Kier alpha value is -2.89. The third-order valence-corrected chi connectivity index (χ3v) is 12.6. The van der Waals surface area contributed by atoms with Crippen LogP contribution in [0, 0.1) is 0 Å². The van der Waals surface area contributed by atoms with Gasteiger partial charge in [-0.1, -0.05) is 287 Å². The highest BCUT2D eigenvalue weighted by Gasteiger charge is 2.19. The largest absolute Gasteiger partial charge is 0.462 e. The van der Waals surface area contributed by atoms with Crippen LogP contribution in [0.15, 0.2) is 60.8 Å². The molecule has 0 heterocycles. The zero-order valence-electron chi connectivity index (χ0n) is 44.4. The molecule has 0 N–H and O–H groups in total. The second-order valence-corrected chi connectivity index (χ2v) is 19.2. The molecule has 0 saturated carbocycles. The van der Waals surface area contributed by atoms with Gasteiger partial charge in [-0.2, -0.15) is 0 Å². The van der Waals surface area contributed by atoms with E-state index in [-0.39, 0.29) is 31.6 Å². The molecule has 6 nitrogen and oxygen atoms in total. The lowest BCUT2D eigenvalue weighted by Crippen LogP contribution is -2.30. The first-order valence-corrected chi connectivity index (χ1v) is 28.8. The Bertz CT molecular complexity index is 1210. The summed E-state index contributed by atoms with van der Waals surface area (Å²) in [5.41, 5.74) is 0. The van der Waals surface area contributed by atoms with Gasteiger partial charge in [-0.05, 0) is 44.9 Å². The Morgan fingerprint density at radius 1 is 0.313 bits per heavy atom. The molecule has 1 unspecified atom stereocenters. The van der Waals surface area contributed by atoms with Gasteiger partial charge in [0.25, 0.3) is 0 Å². The summed E-state index contributed by atoms with van der Waals surface area (Å²) in [6.07, 6.45) is 69.6. The summed E-state index contributed by atoms with van der Waals surface area (Å²) in [6.45, 7) is 6.48. The minimum atomic E-state index is -0.825. The summed E-state index contributed by atoms with van der Waals surface area (Å²) in [5, 5.41) is 0.